The van der Waals surface area contributed by atoms with E-state index in [-0.39, 0.29) is 31.4 Å². The lowest BCUT2D eigenvalue weighted by Gasteiger charge is -2.40. The van der Waals surface area contributed by atoms with Gasteiger partial charge in [0.2, 0.25) is 12.7 Å². The van der Waals surface area contributed by atoms with Gasteiger partial charge >= 0.3 is 5.97 Å². The zero-order valence-corrected chi connectivity index (χ0v) is 16.7. The lowest BCUT2D eigenvalue weighted by molar-refractivity contribution is -0.152. The molecule has 0 saturated heterocycles. The Bertz CT molecular complexity index is 1160. The molecule has 0 unspecified atom stereocenters. The number of aromatic nitrogens is 1. The molecule has 0 fully saturated rings. The topological polar surface area (TPSA) is 91.9 Å². The van der Waals surface area contributed by atoms with Gasteiger partial charge in [-0.1, -0.05) is 24.3 Å². The average molecular weight is 427 g/mol. The summed E-state index contributed by atoms with van der Waals surface area (Å²) in [7, 11) is 0. The molecule has 0 saturated carbocycles. The van der Waals surface area contributed by atoms with Crippen LogP contribution < -0.4 is 9.47 Å². The van der Waals surface area contributed by atoms with E-state index in [1.807, 2.05) is 36.4 Å². The van der Waals surface area contributed by atoms with Crippen molar-refractivity contribution in [2.45, 2.75) is 24.9 Å². The summed E-state index contributed by atoms with van der Waals surface area (Å²) in [5.74, 6) is -0.0223. The van der Waals surface area contributed by atoms with Gasteiger partial charge in [0.25, 0.3) is 0 Å². The Morgan fingerprint density at radius 2 is 1.97 bits per heavy atom. The second kappa shape index (κ2) is 7.25. The molecule has 2 atom stereocenters. The summed E-state index contributed by atoms with van der Waals surface area (Å²) in [6.07, 6.45) is 0.283. The minimum Gasteiger partial charge on any atom is -0.480 e. The molecule has 3 heterocycles. The fourth-order valence-electron chi connectivity index (χ4n) is 4.43. The second-order valence-corrected chi connectivity index (χ2v) is 7.75. The van der Waals surface area contributed by atoms with E-state index in [9.17, 15) is 14.7 Å². The number of aromatic amines is 1. The lowest BCUT2D eigenvalue weighted by atomic mass is 9.87. The zero-order chi connectivity index (χ0) is 20.8. The van der Waals surface area contributed by atoms with Crippen LogP contribution in [0.25, 0.3) is 10.9 Å². The van der Waals surface area contributed by atoms with Crippen molar-refractivity contribution < 1.29 is 24.2 Å². The summed E-state index contributed by atoms with van der Waals surface area (Å²) in [6, 6.07) is 11.6. The zero-order valence-electron chi connectivity index (χ0n) is 15.9. The molecule has 1 aromatic heterocycles. The van der Waals surface area contributed by atoms with Crippen molar-refractivity contribution in [2.24, 2.45) is 0 Å². The van der Waals surface area contributed by atoms with Crippen molar-refractivity contribution in [3.8, 4) is 11.5 Å². The fraction of sp³-hybridized carbons (Fsp3) is 0.273. The third-order valence-electron chi connectivity index (χ3n) is 5.73. The van der Waals surface area contributed by atoms with E-state index >= 15 is 0 Å². The number of amides is 1. The number of benzene rings is 2. The van der Waals surface area contributed by atoms with E-state index in [1.165, 1.54) is 4.90 Å². The molecule has 5 rings (SSSR count). The van der Waals surface area contributed by atoms with Crippen LogP contribution in [-0.4, -0.2) is 45.6 Å². The van der Waals surface area contributed by atoms with Gasteiger partial charge in [0.05, 0.1) is 6.04 Å². The van der Waals surface area contributed by atoms with Gasteiger partial charge in [-0.05, 0) is 29.3 Å². The quantitative estimate of drug-likeness (QED) is 0.623. The monoisotopic (exact) mass is 426 g/mol. The molecule has 0 aliphatic carbocycles. The van der Waals surface area contributed by atoms with E-state index in [1.54, 1.807) is 6.07 Å². The minimum atomic E-state index is -1.04. The number of nitrogens with one attached hydrogen (secondary N) is 1. The molecule has 0 radical (unpaired) electrons. The number of alkyl halides is 1. The molecule has 1 amide bonds. The Morgan fingerprint density at radius 3 is 2.77 bits per heavy atom. The van der Waals surface area contributed by atoms with Crippen molar-refractivity contribution in [3.63, 3.8) is 0 Å². The first kappa shape index (κ1) is 18.8. The number of carboxylic acids is 1. The summed E-state index contributed by atoms with van der Waals surface area (Å²) < 4.78 is 10.9. The van der Waals surface area contributed by atoms with E-state index in [4.69, 9.17) is 21.1 Å². The highest BCUT2D eigenvalue weighted by molar-refractivity contribution is 6.19. The Hall–Kier alpha value is -3.19. The van der Waals surface area contributed by atoms with Crippen LogP contribution in [0, 0.1) is 0 Å². The molecular formula is C22H19ClN2O5. The Labute approximate surface area is 177 Å². The van der Waals surface area contributed by atoms with Gasteiger partial charge in [-0.15, -0.1) is 11.6 Å². The number of carbonyl (C=O) groups is 2. The summed E-state index contributed by atoms with van der Waals surface area (Å²) in [5, 5.41) is 11.0. The number of hydrogen-bond acceptors (Lipinski definition) is 4. The van der Waals surface area contributed by atoms with Gasteiger partial charge in [0.1, 0.15) is 6.04 Å². The van der Waals surface area contributed by atoms with Crippen LogP contribution >= 0.6 is 11.6 Å². The fourth-order valence-corrected chi connectivity index (χ4v) is 4.59. The van der Waals surface area contributed by atoms with Gasteiger partial charge in [-0.25, -0.2) is 4.79 Å². The van der Waals surface area contributed by atoms with E-state index in [0.29, 0.717) is 11.5 Å². The molecule has 30 heavy (non-hydrogen) atoms. The Balaban J connectivity index is 1.74. The third kappa shape index (κ3) is 2.89. The summed E-state index contributed by atoms with van der Waals surface area (Å²) in [6.45, 7) is 0.133. The number of para-hydroxylation sites is 1. The number of nitrogens with zero attached hydrogens (tertiary/aromatic N) is 1. The second-order valence-electron chi connectivity index (χ2n) is 7.38. The summed E-state index contributed by atoms with van der Waals surface area (Å²) in [4.78, 5) is 30.2. The number of carboxylic acid groups (broad SMARTS) is 1. The number of fused-ring (bicyclic) bond motifs is 4. The number of H-pyrrole nitrogens is 1. The van der Waals surface area contributed by atoms with E-state index < -0.39 is 18.1 Å². The number of halogens is 1. The molecule has 2 aromatic carbocycles. The minimum absolute atomic E-state index is 0.0575. The summed E-state index contributed by atoms with van der Waals surface area (Å²) in [5.41, 5.74) is 3.39. The van der Waals surface area contributed by atoms with Crippen LogP contribution in [-0.2, 0) is 16.0 Å². The van der Waals surface area contributed by atoms with Crippen LogP contribution in [0.1, 0.15) is 29.3 Å². The molecule has 3 aromatic rings. The molecule has 8 heteroatoms. The largest absolute Gasteiger partial charge is 0.480 e. The molecule has 2 N–H and O–H groups in total. The maximum atomic E-state index is 13.1. The highest BCUT2D eigenvalue weighted by atomic mass is 35.5. The molecule has 2 aliphatic rings. The predicted octanol–water partition coefficient (Wildman–Crippen LogP) is 3.45. The normalized spacial score (nSPS) is 19.7. The van der Waals surface area contributed by atoms with Gasteiger partial charge in [-0.2, -0.15) is 0 Å². The van der Waals surface area contributed by atoms with E-state index in [2.05, 4.69) is 4.98 Å². The van der Waals surface area contributed by atoms with Crippen LogP contribution in [0.4, 0.5) is 0 Å². The van der Waals surface area contributed by atoms with Crippen LogP contribution in [0.15, 0.2) is 42.5 Å². The van der Waals surface area contributed by atoms with Crippen LogP contribution in [0.3, 0.4) is 0 Å². The predicted molar refractivity (Wildman–Crippen MR) is 110 cm³/mol. The van der Waals surface area contributed by atoms with Crippen molar-refractivity contribution in [1.29, 1.82) is 0 Å². The smallest absolute Gasteiger partial charge is 0.326 e. The SMILES string of the molecule is O=C(O)[C@H]1Cc2c([nH]c3ccccc23)[C@H](c2ccc3c(c2)OCO3)N1C(=O)CCCl. The molecular weight excluding hydrogens is 408 g/mol. The number of carbonyl (C=O) groups excluding carboxylic acids is 1. The number of hydrogen-bond donors (Lipinski definition) is 2. The molecule has 154 valence electrons. The van der Waals surface area contributed by atoms with Gasteiger partial charge < -0.3 is 24.5 Å². The van der Waals surface area contributed by atoms with Gasteiger partial charge in [0.15, 0.2) is 11.5 Å². The Morgan fingerprint density at radius 1 is 1.17 bits per heavy atom. The van der Waals surface area contributed by atoms with Gasteiger partial charge in [0, 0.05) is 35.3 Å². The van der Waals surface area contributed by atoms with E-state index in [0.717, 1.165) is 27.7 Å². The van der Waals surface area contributed by atoms with Crippen molar-refractivity contribution in [2.75, 3.05) is 12.7 Å². The molecule has 0 bridgehead atoms. The first-order chi connectivity index (χ1) is 14.6. The lowest BCUT2D eigenvalue weighted by Crippen LogP contribution is -2.51. The molecule has 0 spiro atoms. The van der Waals surface area contributed by atoms with Crippen molar-refractivity contribution in [3.05, 3.63) is 59.3 Å². The maximum Gasteiger partial charge on any atom is 0.326 e. The maximum absolute atomic E-state index is 13.1. The number of ether oxygens (including phenoxy) is 2. The standard InChI is InChI=1S/C22H19ClN2O5/c23-8-7-19(26)25-16(22(27)28)10-14-13-3-1-2-4-15(13)24-20(14)21(25)12-5-6-17-18(9-12)30-11-29-17/h1-6,9,16,21,24H,7-8,10-11H2,(H,27,28)/t16-,21+/m1/s1. The summed E-state index contributed by atoms with van der Waals surface area (Å²) >= 11 is 5.84. The highest BCUT2D eigenvalue weighted by Crippen LogP contribution is 2.44. The first-order valence-corrected chi connectivity index (χ1v) is 10.2. The van der Waals surface area contributed by atoms with Crippen LogP contribution in [0.2, 0.25) is 0 Å². The van der Waals surface area contributed by atoms with Crippen molar-refractivity contribution in [1.82, 2.24) is 9.88 Å². The van der Waals surface area contributed by atoms with Crippen LogP contribution in [0.5, 0.6) is 11.5 Å². The molecule has 7 nitrogen and oxygen atoms in total. The first-order valence-electron chi connectivity index (χ1n) is 9.67. The average Bonchev–Trinajstić information content (AvgIpc) is 3.36. The van der Waals surface area contributed by atoms with Gasteiger partial charge in [-0.3, -0.25) is 4.79 Å². The number of aliphatic carboxylic acids is 1. The third-order valence-corrected chi connectivity index (χ3v) is 5.91. The number of rotatable bonds is 4. The van der Waals surface area contributed by atoms with Crippen molar-refractivity contribution >= 4 is 34.4 Å². The highest BCUT2D eigenvalue weighted by Gasteiger charge is 2.43. The molecule has 2 aliphatic heterocycles. The Kier molecular flexibility index (Phi) is 4.55.